The molecular formula is C14H15FN2O2S. The van der Waals surface area contributed by atoms with E-state index in [2.05, 4.69) is 4.72 Å². The van der Waals surface area contributed by atoms with Crippen molar-refractivity contribution in [1.29, 1.82) is 0 Å². The minimum atomic E-state index is -3.66. The van der Waals surface area contributed by atoms with Crippen LogP contribution in [0.15, 0.2) is 47.4 Å². The lowest BCUT2D eigenvalue weighted by Crippen LogP contribution is -2.23. The van der Waals surface area contributed by atoms with Crippen molar-refractivity contribution in [2.45, 2.75) is 18.4 Å². The Morgan fingerprint density at radius 1 is 1.15 bits per heavy atom. The average molecular weight is 294 g/mol. The highest BCUT2D eigenvalue weighted by molar-refractivity contribution is 7.89. The number of benzene rings is 2. The first-order valence-electron chi connectivity index (χ1n) is 5.99. The quantitative estimate of drug-likeness (QED) is 0.849. The summed E-state index contributed by atoms with van der Waals surface area (Å²) >= 11 is 0. The zero-order chi connectivity index (χ0) is 14.8. The largest absolute Gasteiger partial charge is 0.399 e. The molecule has 0 aromatic heterocycles. The van der Waals surface area contributed by atoms with Gasteiger partial charge in [0.15, 0.2) is 0 Å². The number of anilines is 1. The Morgan fingerprint density at radius 2 is 1.80 bits per heavy atom. The van der Waals surface area contributed by atoms with E-state index in [1.54, 1.807) is 18.2 Å². The van der Waals surface area contributed by atoms with E-state index >= 15 is 0 Å². The molecule has 0 fully saturated rings. The van der Waals surface area contributed by atoms with Crippen molar-refractivity contribution in [1.82, 2.24) is 4.72 Å². The van der Waals surface area contributed by atoms with Crippen LogP contribution in [-0.2, 0) is 16.6 Å². The lowest BCUT2D eigenvalue weighted by molar-refractivity contribution is 0.580. The molecule has 0 saturated carbocycles. The summed E-state index contributed by atoms with van der Waals surface area (Å²) < 4.78 is 39.4. The van der Waals surface area contributed by atoms with Gasteiger partial charge in [0.2, 0.25) is 10.0 Å². The van der Waals surface area contributed by atoms with E-state index in [1.165, 1.54) is 12.1 Å². The zero-order valence-corrected chi connectivity index (χ0v) is 11.7. The van der Waals surface area contributed by atoms with Gasteiger partial charge in [0, 0.05) is 12.2 Å². The van der Waals surface area contributed by atoms with Crippen molar-refractivity contribution in [2.75, 3.05) is 5.73 Å². The van der Waals surface area contributed by atoms with Gasteiger partial charge in [-0.25, -0.2) is 17.5 Å². The predicted molar refractivity (Wildman–Crippen MR) is 76.0 cm³/mol. The highest BCUT2D eigenvalue weighted by Crippen LogP contribution is 2.16. The van der Waals surface area contributed by atoms with Crippen molar-refractivity contribution in [3.05, 3.63) is 59.4 Å². The topological polar surface area (TPSA) is 72.2 Å². The van der Waals surface area contributed by atoms with Gasteiger partial charge in [0.25, 0.3) is 0 Å². The maximum atomic E-state index is 12.8. The first-order chi connectivity index (χ1) is 9.40. The molecule has 0 saturated heterocycles. The molecular weight excluding hydrogens is 279 g/mol. The molecule has 2 rings (SSSR count). The zero-order valence-electron chi connectivity index (χ0n) is 10.9. The van der Waals surface area contributed by atoms with Gasteiger partial charge in [-0.2, -0.15) is 0 Å². The molecule has 2 aromatic rings. The van der Waals surface area contributed by atoms with Crippen LogP contribution in [0.3, 0.4) is 0 Å². The summed E-state index contributed by atoms with van der Waals surface area (Å²) in [6.07, 6.45) is 0. The number of rotatable bonds is 4. The molecule has 6 heteroatoms. The Kier molecular flexibility index (Phi) is 4.06. The molecule has 0 aliphatic rings. The van der Waals surface area contributed by atoms with Crippen molar-refractivity contribution in [3.8, 4) is 0 Å². The molecule has 0 bridgehead atoms. The summed E-state index contributed by atoms with van der Waals surface area (Å²) in [5.41, 5.74) is 8.03. The first-order valence-corrected chi connectivity index (χ1v) is 7.47. The standard InChI is InChI=1S/C14H15FN2O2S/c1-10-11(3-2-4-14(10)16)9-17-20(18,19)13-7-5-12(15)6-8-13/h2-8,17H,9,16H2,1H3. The summed E-state index contributed by atoms with van der Waals surface area (Å²) in [6.45, 7) is 1.97. The lowest BCUT2D eigenvalue weighted by atomic mass is 10.1. The molecule has 0 heterocycles. The molecule has 0 amide bonds. The van der Waals surface area contributed by atoms with Gasteiger partial charge in [-0.15, -0.1) is 0 Å². The number of nitrogens with two attached hydrogens (primary N) is 1. The van der Waals surface area contributed by atoms with Crippen LogP contribution in [0.1, 0.15) is 11.1 Å². The van der Waals surface area contributed by atoms with Crippen LogP contribution in [0.2, 0.25) is 0 Å². The molecule has 0 unspecified atom stereocenters. The number of halogens is 1. The smallest absolute Gasteiger partial charge is 0.240 e. The second kappa shape index (κ2) is 5.60. The van der Waals surface area contributed by atoms with Crippen LogP contribution in [0, 0.1) is 12.7 Å². The SMILES string of the molecule is Cc1c(N)cccc1CNS(=O)(=O)c1ccc(F)cc1. The Balaban J connectivity index is 2.17. The van der Waals surface area contributed by atoms with Gasteiger partial charge in [-0.05, 0) is 48.4 Å². The third-order valence-corrected chi connectivity index (χ3v) is 4.48. The summed E-state index contributed by atoms with van der Waals surface area (Å²) in [6, 6.07) is 10.0. The lowest BCUT2D eigenvalue weighted by Gasteiger charge is -2.10. The van der Waals surface area contributed by atoms with E-state index in [0.717, 1.165) is 23.3 Å². The molecule has 0 aliphatic carbocycles. The van der Waals surface area contributed by atoms with Crippen LogP contribution in [0.4, 0.5) is 10.1 Å². The minimum absolute atomic E-state index is 0.0282. The van der Waals surface area contributed by atoms with Gasteiger partial charge < -0.3 is 5.73 Å². The Bertz CT molecular complexity index is 712. The van der Waals surface area contributed by atoms with Gasteiger partial charge >= 0.3 is 0 Å². The molecule has 20 heavy (non-hydrogen) atoms. The Labute approximate surface area is 117 Å². The van der Waals surface area contributed by atoms with Gasteiger partial charge in [0.1, 0.15) is 5.82 Å². The van der Waals surface area contributed by atoms with Gasteiger partial charge in [-0.1, -0.05) is 12.1 Å². The molecule has 0 spiro atoms. The normalized spacial score (nSPS) is 11.5. The fourth-order valence-electron chi connectivity index (χ4n) is 1.76. The summed E-state index contributed by atoms with van der Waals surface area (Å²) in [4.78, 5) is 0.0282. The number of hydrogen-bond acceptors (Lipinski definition) is 3. The van der Waals surface area contributed by atoms with Crippen molar-refractivity contribution < 1.29 is 12.8 Å². The van der Waals surface area contributed by atoms with Crippen LogP contribution in [0.25, 0.3) is 0 Å². The maximum absolute atomic E-state index is 12.8. The molecule has 4 nitrogen and oxygen atoms in total. The van der Waals surface area contributed by atoms with Crippen molar-refractivity contribution >= 4 is 15.7 Å². The minimum Gasteiger partial charge on any atom is -0.399 e. The fraction of sp³-hybridized carbons (Fsp3) is 0.143. The van der Waals surface area contributed by atoms with E-state index in [0.29, 0.717) is 5.69 Å². The number of nitrogens with one attached hydrogen (secondary N) is 1. The molecule has 2 aromatic carbocycles. The van der Waals surface area contributed by atoms with E-state index in [1.807, 2.05) is 6.92 Å². The third-order valence-electron chi connectivity index (χ3n) is 3.06. The van der Waals surface area contributed by atoms with E-state index in [-0.39, 0.29) is 11.4 Å². The highest BCUT2D eigenvalue weighted by Gasteiger charge is 2.14. The first kappa shape index (κ1) is 14.5. The highest BCUT2D eigenvalue weighted by atomic mass is 32.2. The fourth-order valence-corrected chi connectivity index (χ4v) is 2.77. The van der Waals surface area contributed by atoms with Crippen LogP contribution < -0.4 is 10.5 Å². The summed E-state index contributed by atoms with van der Waals surface area (Å²) in [7, 11) is -3.66. The molecule has 0 radical (unpaired) electrons. The predicted octanol–water partition coefficient (Wildman–Crippen LogP) is 2.19. The molecule has 3 N–H and O–H groups in total. The average Bonchev–Trinajstić information content (AvgIpc) is 2.41. The van der Waals surface area contributed by atoms with Gasteiger partial charge in [-0.3, -0.25) is 0 Å². The molecule has 106 valence electrons. The van der Waals surface area contributed by atoms with Crippen molar-refractivity contribution in [3.63, 3.8) is 0 Å². The van der Waals surface area contributed by atoms with E-state index < -0.39 is 15.8 Å². The Morgan fingerprint density at radius 3 is 2.45 bits per heavy atom. The molecule has 0 atom stereocenters. The second-order valence-corrected chi connectivity index (χ2v) is 6.18. The maximum Gasteiger partial charge on any atom is 0.240 e. The van der Waals surface area contributed by atoms with E-state index in [9.17, 15) is 12.8 Å². The molecule has 0 aliphatic heterocycles. The van der Waals surface area contributed by atoms with Crippen LogP contribution in [0.5, 0.6) is 0 Å². The van der Waals surface area contributed by atoms with E-state index in [4.69, 9.17) is 5.73 Å². The van der Waals surface area contributed by atoms with Gasteiger partial charge in [0.05, 0.1) is 4.90 Å². The Hall–Kier alpha value is -1.92. The number of hydrogen-bond donors (Lipinski definition) is 2. The summed E-state index contributed by atoms with van der Waals surface area (Å²) in [5, 5.41) is 0. The summed E-state index contributed by atoms with van der Waals surface area (Å²) in [5.74, 6) is -0.476. The number of nitrogen functional groups attached to an aromatic ring is 1. The van der Waals surface area contributed by atoms with Crippen LogP contribution >= 0.6 is 0 Å². The van der Waals surface area contributed by atoms with Crippen LogP contribution in [-0.4, -0.2) is 8.42 Å². The number of sulfonamides is 1. The van der Waals surface area contributed by atoms with Crippen molar-refractivity contribution in [2.24, 2.45) is 0 Å². The monoisotopic (exact) mass is 294 g/mol. The third kappa shape index (κ3) is 3.15. The second-order valence-electron chi connectivity index (χ2n) is 4.41.